The van der Waals surface area contributed by atoms with Gasteiger partial charge in [-0.1, -0.05) is 42.2 Å². The quantitative estimate of drug-likeness (QED) is 0.342. The van der Waals surface area contributed by atoms with Gasteiger partial charge in [-0.15, -0.1) is 0 Å². The topological polar surface area (TPSA) is 107 Å². The van der Waals surface area contributed by atoms with E-state index < -0.39 is 17.3 Å². The highest BCUT2D eigenvalue weighted by molar-refractivity contribution is 7.93. The molecule has 164 valence electrons. The Labute approximate surface area is 193 Å². The summed E-state index contributed by atoms with van der Waals surface area (Å²) < 4.78 is 21.6. The summed E-state index contributed by atoms with van der Waals surface area (Å²) in [6.07, 6.45) is 3.04. The highest BCUT2D eigenvalue weighted by atomic mass is 32.2. The predicted molar refractivity (Wildman–Crippen MR) is 127 cm³/mol. The number of aromatic carboxylic acids is 1. The first-order chi connectivity index (χ1) is 16.0. The molecule has 0 saturated carbocycles. The minimum absolute atomic E-state index is 0.131. The van der Waals surface area contributed by atoms with Gasteiger partial charge in [0, 0.05) is 29.4 Å². The molecule has 8 heteroatoms. The van der Waals surface area contributed by atoms with Crippen LogP contribution in [0.2, 0.25) is 0 Å². The molecular formula is C25H19N3O4S. The van der Waals surface area contributed by atoms with E-state index in [-0.39, 0.29) is 5.69 Å². The Bertz CT molecular complexity index is 1410. The van der Waals surface area contributed by atoms with Crippen LogP contribution in [-0.2, 0) is 11.4 Å². The van der Waals surface area contributed by atoms with Crippen molar-refractivity contribution < 1.29 is 19.2 Å². The van der Waals surface area contributed by atoms with Gasteiger partial charge in [0.15, 0.2) is 5.69 Å². The smallest absolute Gasteiger partial charge is 0.354 e. The first kappa shape index (κ1) is 22.1. The Morgan fingerprint density at radius 3 is 2.67 bits per heavy atom. The molecule has 4 aromatic rings. The number of nitrogens with zero attached hydrogens (tertiary/aromatic N) is 2. The number of hydrogen-bond donors (Lipinski definition) is 2. The van der Waals surface area contributed by atoms with Crippen molar-refractivity contribution >= 4 is 33.9 Å². The van der Waals surface area contributed by atoms with E-state index in [0.29, 0.717) is 33.0 Å². The summed E-state index contributed by atoms with van der Waals surface area (Å²) in [4.78, 5) is 20.1. The number of hydrogen-bond acceptors (Lipinski definition) is 6. The number of aromatic nitrogens is 2. The summed E-state index contributed by atoms with van der Waals surface area (Å²) in [7, 11) is 1.44. The van der Waals surface area contributed by atoms with Crippen molar-refractivity contribution in [2.75, 3.05) is 11.8 Å². The van der Waals surface area contributed by atoms with Crippen molar-refractivity contribution in [3.63, 3.8) is 0 Å². The summed E-state index contributed by atoms with van der Waals surface area (Å²) in [5.41, 5.74) is 3.05. The van der Waals surface area contributed by atoms with Crippen LogP contribution in [0.3, 0.4) is 0 Å². The average molecular weight is 458 g/mol. The van der Waals surface area contributed by atoms with Crippen molar-refractivity contribution in [2.24, 2.45) is 0 Å². The molecule has 2 aromatic heterocycles. The molecule has 4 rings (SSSR count). The van der Waals surface area contributed by atoms with Crippen molar-refractivity contribution in [3.8, 4) is 17.6 Å². The lowest BCUT2D eigenvalue weighted by molar-refractivity contribution is 0.0690. The number of anilines is 1. The fraction of sp³-hybridized carbons (Fsp3) is 0.0800. The third-order valence-electron chi connectivity index (χ3n) is 4.88. The predicted octanol–water partition coefficient (Wildman–Crippen LogP) is 4.18. The number of methoxy groups -OCH3 is 1. The van der Waals surface area contributed by atoms with Gasteiger partial charge >= 0.3 is 5.97 Å². The first-order valence-corrected chi connectivity index (χ1v) is 11.0. The Balaban J connectivity index is 1.67. The van der Waals surface area contributed by atoms with Gasteiger partial charge in [-0.05, 0) is 25.1 Å². The maximum atomic E-state index is 13.3. The Kier molecular flexibility index (Phi) is 6.45. The molecule has 0 radical (unpaired) electrons. The van der Waals surface area contributed by atoms with Gasteiger partial charge in [0.05, 0.1) is 23.9 Å². The van der Waals surface area contributed by atoms with Crippen LogP contribution in [0.4, 0.5) is 5.69 Å². The zero-order chi connectivity index (χ0) is 23.4. The standard InChI is InChI=1S/C25H19N3O4S/c1-16-9-10-18-7-5-13-26-23(18)24(16)33(31)28-20-8-4-3-6-17(20)11-12-19-15-27-21(25(29)30)14-22(19)32-2/h3-10,13-15,28H,1-2H3,(H,29,30). The second kappa shape index (κ2) is 9.61. The van der Waals surface area contributed by atoms with Gasteiger partial charge in [-0.25, -0.2) is 14.5 Å². The van der Waals surface area contributed by atoms with E-state index in [1.807, 2.05) is 43.3 Å². The molecule has 0 aliphatic rings. The number of benzene rings is 2. The number of carboxylic acid groups (broad SMARTS) is 1. The molecule has 1 atom stereocenters. The van der Waals surface area contributed by atoms with Gasteiger partial charge in [0.1, 0.15) is 22.6 Å². The van der Waals surface area contributed by atoms with Crippen LogP contribution < -0.4 is 9.46 Å². The van der Waals surface area contributed by atoms with Crippen LogP contribution in [0.25, 0.3) is 10.9 Å². The van der Waals surface area contributed by atoms with E-state index in [1.165, 1.54) is 19.4 Å². The van der Waals surface area contributed by atoms with E-state index in [1.54, 1.807) is 18.3 Å². The molecule has 2 N–H and O–H groups in total. The number of fused-ring (bicyclic) bond motifs is 1. The van der Waals surface area contributed by atoms with Gasteiger partial charge in [-0.3, -0.25) is 4.98 Å². The van der Waals surface area contributed by atoms with E-state index >= 15 is 0 Å². The maximum Gasteiger partial charge on any atom is 0.354 e. The van der Waals surface area contributed by atoms with Crippen LogP contribution in [0.1, 0.15) is 27.2 Å². The minimum Gasteiger partial charge on any atom is -0.588 e. The number of nitrogens with one attached hydrogen (secondary N) is 1. The maximum absolute atomic E-state index is 13.3. The molecule has 1 unspecified atom stereocenters. The molecule has 0 spiro atoms. The van der Waals surface area contributed by atoms with Crippen molar-refractivity contribution in [2.45, 2.75) is 11.8 Å². The third-order valence-corrected chi connectivity index (χ3v) is 6.17. The first-order valence-electron chi connectivity index (χ1n) is 9.89. The molecule has 0 aliphatic carbocycles. The molecule has 2 aromatic carbocycles. The van der Waals surface area contributed by atoms with Crippen LogP contribution in [-0.4, -0.2) is 32.7 Å². The second-order valence-electron chi connectivity index (χ2n) is 7.03. The lowest BCUT2D eigenvalue weighted by Gasteiger charge is -2.15. The Morgan fingerprint density at radius 1 is 1.09 bits per heavy atom. The lowest BCUT2D eigenvalue weighted by Crippen LogP contribution is -2.16. The SMILES string of the molecule is COc1cc(C(=O)O)ncc1C#Cc1ccccc1N[S+]([O-])c1c(C)ccc2cccnc12. The monoisotopic (exact) mass is 457 g/mol. The molecule has 33 heavy (non-hydrogen) atoms. The summed E-state index contributed by atoms with van der Waals surface area (Å²) in [5, 5.41) is 10.0. The average Bonchev–Trinajstić information content (AvgIpc) is 2.83. The minimum atomic E-state index is -1.58. The van der Waals surface area contributed by atoms with E-state index in [4.69, 9.17) is 9.84 Å². The fourth-order valence-electron chi connectivity index (χ4n) is 3.24. The summed E-state index contributed by atoms with van der Waals surface area (Å²) in [6, 6.07) is 16.2. The van der Waals surface area contributed by atoms with Gasteiger partial charge < -0.3 is 14.4 Å². The fourth-order valence-corrected chi connectivity index (χ4v) is 4.42. The van der Waals surface area contributed by atoms with Gasteiger partial charge in [-0.2, -0.15) is 0 Å². The van der Waals surface area contributed by atoms with Crippen LogP contribution in [0.15, 0.2) is 71.9 Å². The number of carboxylic acids is 1. The molecule has 7 nitrogen and oxygen atoms in total. The third kappa shape index (κ3) is 4.75. The van der Waals surface area contributed by atoms with E-state index in [9.17, 15) is 9.35 Å². The zero-order valence-electron chi connectivity index (χ0n) is 17.8. The number of carbonyl (C=O) groups is 1. The van der Waals surface area contributed by atoms with Crippen LogP contribution in [0, 0.1) is 18.8 Å². The summed E-state index contributed by atoms with van der Waals surface area (Å²) in [6.45, 7) is 1.90. The number of ether oxygens (including phenoxy) is 1. The van der Waals surface area contributed by atoms with Crippen molar-refractivity contribution in [3.05, 3.63) is 89.4 Å². The van der Waals surface area contributed by atoms with Crippen molar-refractivity contribution in [1.82, 2.24) is 9.97 Å². The number of rotatable bonds is 5. The van der Waals surface area contributed by atoms with Crippen LogP contribution in [0.5, 0.6) is 5.75 Å². The number of pyridine rings is 2. The van der Waals surface area contributed by atoms with Crippen LogP contribution >= 0.6 is 0 Å². The van der Waals surface area contributed by atoms with Gasteiger partial charge in [0.25, 0.3) is 0 Å². The molecule has 2 heterocycles. The molecule has 0 saturated heterocycles. The lowest BCUT2D eigenvalue weighted by atomic mass is 10.1. The number of aryl methyl sites for hydroxylation is 1. The van der Waals surface area contributed by atoms with Gasteiger partial charge in [0.2, 0.25) is 4.90 Å². The molecule has 0 bridgehead atoms. The largest absolute Gasteiger partial charge is 0.588 e. The highest BCUT2D eigenvalue weighted by Gasteiger charge is 2.21. The summed E-state index contributed by atoms with van der Waals surface area (Å²) in [5.74, 6) is 5.15. The van der Waals surface area contributed by atoms with E-state index in [0.717, 1.165) is 10.9 Å². The Morgan fingerprint density at radius 2 is 1.88 bits per heavy atom. The molecule has 0 amide bonds. The normalized spacial score (nSPS) is 11.4. The van der Waals surface area contributed by atoms with E-state index in [2.05, 4.69) is 26.5 Å². The Hall–Kier alpha value is -4.06. The molecule has 0 fully saturated rings. The molecule has 0 aliphatic heterocycles. The van der Waals surface area contributed by atoms with Crippen molar-refractivity contribution in [1.29, 1.82) is 0 Å². The molecular weight excluding hydrogens is 438 g/mol. The number of para-hydroxylation sites is 1. The summed E-state index contributed by atoms with van der Waals surface area (Å²) >= 11 is -1.58. The zero-order valence-corrected chi connectivity index (χ0v) is 18.6. The highest BCUT2D eigenvalue weighted by Crippen LogP contribution is 2.28. The second-order valence-corrected chi connectivity index (χ2v) is 8.18.